The standard InChI is InChI=1S/C28H40N2O2/c1-17(2)23-13-21(31-9)14-24(18(3)4)27(23)29-11-12-30-28-25(19(5)6)15-22(32-10)16-26(28)20(7)8/h11-20H,1-10H3. The average molecular weight is 437 g/mol. The molecule has 4 nitrogen and oxygen atoms in total. The molecule has 0 radical (unpaired) electrons. The summed E-state index contributed by atoms with van der Waals surface area (Å²) >= 11 is 0. The summed E-state index contributed by atoms with van der Waals surface area (Å²) in [5, 5.41) is 0. The van der Waals surface area contributed by atoms with Gasteiger partial charge in [0.1, 0.15) is 11.5 Å². The highest BCUT2D eigenvalue weighted by molar-refractivity contribution is 6.17. The van der Waals surface area contributed by atoms with Crippen LogP contribution in [0.2, 0.25) is 0 Å². The molecule has 0 aliphatic heterocycles. The molecule has 32 heavy (non-hydrogen) atoms. The second-order valence-electron chi connectivity index (χ2n) is 9.48. The lowest BCUT2D eigenvalue weighted by Crippen LogP contribution is -1.99. The molecule has 0 unspecified atom stereocenters. The Morgan fingerprint density at radius 2 is 0.781 bits per heavy atom. The Morgan fingerprint density at radius 3 is 0.969 bits per heavy atom. The van der Waals surface area contributed by atoms with Crippen molar-refractivity contribution in [3.63, 3.8) is 0 Å². The Balaban J connectivity index is 2.53. The van der Waals surface area contributed by atoms with E-state index in [-0.39, 0.29) is 0 Å². The van der Waals surface area contributed by atoms with Gasteiger partial charge in [-0.2, -0.15) is 0 Å². The van der Waals surface area contributed by atoms with Crippen molar-refractivity contribution in [2.45, 2.75) is 79.1 Å². The number of nitrogens with zero attached hydrogens (tertiary/aromatic N) is 2. The summed E-state index contributed by atoms with van der Waals surface area (Å²) in [6, 6.07) is 8.38. The first-order chi connectivity index (χ1) is 15.1. The molecule has 0 atom stereocenters. The number of hydrogen-bond donors (Lipinski definition) is 0. The Bertz CT molecular complexity index is 832. The molecule has 4 heteroatoms. The molecule has 0 aliphatic rings. The summed E-state index contributed by atoms with van der Waals surface area (Å²) in [5.41, 5.74) is 6.79. The van der Waals surface area contributed by atoms with Crippen molar-refractivity contribution < 1.29 is 9.47 Å². The third-order valence-corrected chi connectivity index (χ3v) is 5.72. The summed E-state index contributed by atoms with van der Waals surface area (Å²) in [6.45, 7) is 17.5. The molecule has 0 bridgehead atoms. The van der Waals surface area contributed by atoms with Gasteiger partial charge in [-0.05, 0) is 70.2 Å². The highest BCUT2D eigenvalue weighted by atomic mass is 16.5. The van der Waals surface area contributed by atoms with Crippen LogP contribution in [0.15, 0.2) is 34.3 Å². The fraction of sp³-hybridized carbons (Fsp3) is 0.500. The van der Waals surface area contributed by atoms with E-state index in [0.29, 0.717) is 23.7 Å². The smallest absolute Gasteiger partial charge is 0.119 e. The number of ether oxygens (including phenoxy) is 2. The van der Waals surface area contributed by atoms with E-state index in [4.69, 9.17) is 19.5 Å². The van der Waals surface area contributed by atoms with Crippen LogP contribution >= 0.6 is 0 Å². The van der Waals surface area contributed by atoms with Gasteiger partial charge in [0, 0.05) is 12.4 Å². The normalized spacial score (nSPS) is 12.3. The van der Waals surface area contributed by atoms with Gasteiger partial charge in [-0.25, -0.2) is 0 Å². The molecule has 174 valence electrons. The molecular formula is C28H40N2O2. The zero-order chi connectivity index (χ0) is 24.0. The first kappa shape index (κ1) is 25.6. The van der Waals surface area contributed by atoms with E-state index in [9.17, 15) is 0 Å². The lowest BCUT2D eigenvalue weighted by atomic mass is 9.92. The summed E-state index contributed by atoms with van der Waals surface area (Å²) in [5.74, 6) is 3.13. The van der Waals surface area contributed by atoms with Crippen molar-refractivity contribution in [1.82, 2.24) is 0 Å². The first-order valence-corrected chi connectivity index (χ1v) is 11.6. The van der Waals surface area contributed by atoms with Crippen molar-refractivity contribution in [3.05, 3.63) is 46.5 Å². The number of hydrogen-bond acceptors (Lipinski definition) is 4. The maximum atomic E-state index is 5.54. The van der Waals surface area contributed by atoms with Crippen molar-refractivity contribution in [1.29, 1.82) is 0 Å². The molecule has 2 rings (SSSR count). The molecule has 0 amide bonds. The number of methoxy groups -OCH3 is 2. The van der Waals surface area contributed by atoms with Crippen LogP contribution in [0.25, 0.3) is 0 Å². The van der Waals surface area contributed by atoms with E-state index < -0.39 is 0 Å². The SMILES string of the molecule is COc1cc(C(C)C)c(N=CC=Nc2c(C(C)C)cc(OC)cc2C(C)C)c(C(C)C)c1. The molecule has 0 aromatic heterocycles. The van der Waals surface area contributed by atoms with Gasteiger partial charge in [0.15, 0.2) is 0 Å². The molecule has 0 N–H and O–H groups in total. The summed E-state index contributed by atoms with van der Waals surface area (Å²) in [4.78, 5) is 9.73. The van der Waals surface area contributed by atoms with E-state index in [1.165, 1.54) is 22.3 Å². The van der Waals surface area contributed by atoms with Gasteiger partial charge in [-0.1, -0.05) is 55.4 Å². The Hall–Kier alpha value is -2.62. The minimum absolute atomic E-state index is 0.341. The van der Waals surface area contributed by atoms with Gasteiger partial charge >= 0.3 is 0 Å². The van der Waals surface area contributed by atoms with Crippen LogP contribution in [0.1, 0.15) is 101 Å². The first-order valence-electron chi connectivity index (χ1n) is 11.6. The predicted molar refractivity (Wildman–Crippen MR) is 139 cm³/mol. The summed E-state index contributed by atoms with van der Waals surface area (Å²) in [7, 11) is 3.43. The molecule has 0 saturated heterocycles. The van der Waals surface area contributed by atoms with Crippen molar-refractivity contribution >= 4 is 23.8 Å². The third kappa shape index (κ3) is 5.99. The summed E-state index contributed by atoms with van der Waals surface area (Å²) in [6.07, 6.45) is 3.63. The molecule has 2 aromatic rings. The quantitative estimate of drug-likeness (QED) is 0.371. The fourth-order valence-electron chi connectivity index (χ4n) is 3.81. The molecule has 0 fully saturated rings. The molecule has 0 saturated carbocycles. The van der Waals surface area contributed by atoms with Crippen LogP contribution < -0.4 is 9.47 Å². The van der Waals surface area contributed by atoms with Gasteiger partial charge in [0.25, 0.3) is 0 Å². The predicted octanol–water partition coefficient (Wildman–Crippen LogP) is 8.30. The number of benzene rings is 2. The number of rotatable bonds is 9. The molecule has 2 aromatic carbocycles. The van der Waals surface area contributed by atoms with Crippen molar-refractivity contribution in [3.8, 4) is 11.5 Å². The largest absolute Gasteiger partial charge is 0.497 e. The highest BCUT2D eigenvalue weighted by Gasteiger charge is 2.17. The summed E-state index contributed by atoms with van der Waals surface area (Å²) < 4.78 is 11.1. The second kappa shape index (κ2) is 11.3. The van der Waals surface area contributed by atoms with E-state index in [2.05, 4.69) is 79.7 Å². The molecular weight excluding hydrogens is 396 g/mol. The van der Waals surface area contributed by atoms with Crippen LogP contribution in [-0.2, 0) is 0 Å². The van der Waals surface area contributed by atoms with Gasteiger partial charge < -0.3 is 9.47 Å². The Morgan fingerprint density at radius 1 is 0.531 bits per heavy atom. The van der Waals surface area contributed by atoms with Gasteiger partial charge in [0.05, 0.1) is 25.6 Å². The Kier molecular flexibility index (Phi) is 9.06. The van der Waals surface area contributed by atoms with Crippen molar-refractivity contribution in [2.75, 3.05) is 14.2 Å². The maximum absolute atomic E-state index is 5.54. The lowest BCUT2D eigenvalue weighted by molar-refractivity contribution is 0.413. The van der Waals surface area contributed by atoms with Crippen molar-refractivity contribution in [2.24, 2.45) is 9.98 Å². The van der Waals surface area contributed by atoms with Gasteiger partial charge in [-0.15, -0.1) is 0 Å². The van der Waals surface area contributed by atoms with E-state index in [0.717, 1.165) is 22.9 Å². The van der Waals surface area contributed by atoms with Gasteiger partial charge in [0.2, 0.25) is 0 Å². The topological polar surface area (TPSA) is 43.2 Å². The minimum Gasteiger partial charge on any atom is -0.497 e. The third-order valence-electron chi connectivity index (χ3n) is 5.72. The monoisotopic (exact) mass is 436 g/mol. The lowest BCUT2D eigenvalue weighted by Gasteiger charge is -2.18. The van der Waals surface area contributed by atoms with Crippen LogP contribution in [0.5, 0.6) is 11.5 Å². The van der Waals surface area contributed by atoms with Crippen LogP contribution in [0.4, 0.5) is 11.4 Å². The van der Waals surface area contributed by atoms with Crippen LogP contribution in [-0.4, -0.2) is 26.6 Å². The van der Waals surface area contributed by atoms with E-state index in [1.54, 1.807) is 14.2 Å². The maximum Gasteiger partial charge on any atom is 0.119 e. The fourth-order valence-corrected chi connectivity index (χ4v) is 3.81. The zero-order valence-electron chi connectivity index (χ0n) is 21.5. The van der Waals surface area contributed by atoms with E-state index in [1.807, 2.05) is 12.4 Å². The molecule has 0 aliphatic carbocycles. The molecule has 0 heterocycles. The average Bonchev–Trinajstić information content (AvgIpc) is 2.75. The van der Waals surface area contributed by atoms with Gasteiger partial charge in [-0.3, -0.25) is 9.98 Å². The zero-order valence-corrected chi connectivity index (χ0v) is 21.5. The number of aliphatic imine (C=N–C) groups is 2. The molecule has 0 spiro atoms. The van der Waals surface area contributed by atoms with E-state index >= 15 is 0 Å². The highest BCUT2D eigenvalue weighted by Crippen LogP contribution is 2.39. The van der Waals surface area contributed by atoms with Crippen LogP contribution in [0.3, 0.4) is 0 Å². The van der Waals surface area contributed by atoms with Crippen LogP contribution in [0, 0.1) is 0 Å². The second-order valence-corrected chi connectivity index (χ2v) is 9.48. The Labute approximate surface area is 194 Å². The minimum atomic E-state index is 0.341.